The van der Waals surface area contributed by atoms with E-state index >= 15 is 0 Å². The van der Waals surface area contributed by atoms with Gasteiger partial charge in [-0.2, -0.15) is 0 Å². The van der Waals surface area contributed by atoms with E-state index in [4.69, 9.17) is 0 Å². The Morgan fingerprint density at radius 1 is 1.06 bits per heavy atom. The number of benzene rings is 2. The summed E-state index contributed by atoms with van der Waals surface area (Å²) in [5.74, 6) is -0.176. The van der Waals surface area contributed by atoms with E-state index < -0.39 is 0 Å². The lowest BCUT2D eigenvalue weighted by Crippen LogP contribution is -2.18. The molecule has 0 fully saturated rings. The van der Waals surface area contributed by atoms with Gasteiger partial charge < -0.3 is 4.90 Å². The normalized spacial score (nSPS) is 12.9. The molecule has 4 heteroatoms. The molecule has 0 unspecified atom stereocenters. The molecule has 0 bridgehead atoms. The number of hydrogen-bond donors (Lipinski definition) is 0. The Morgan fingerprint density at radius 2 is 1.72 bits per heavy atom. The summed E-state index contributed by atoms with van der Waals surface area (Å²) in [6.45, 7) is 2.15. The highest BCUT2D eigenvalue weighted by molar-refractivity contribution is 7.99. The zero-order chi connectivity index (χ0) is 12.7. The number of rotatable bonds is 1. The molecule has 2 aromatic rings. The Kier molecular flexibility index (Phi) is 2.82. The van der Waals surface area contributed by atoms with E-state index in [0.717, 1.165) is 17.9 Å². The van der Waals surface area contributed by atoms with Gasteiger partial charge in [-0.3, -0.25) is 0 Å². The number of anilines is 2. The lowest BCUT2D eigenvalue weighted by atomic mass is 9.73. The van der Waals surface area contributed by atoms with Crippen molar-refractivity contribution in [2.45, 2.75) is 16.6 Å². The summed E-state index contributed by atoms with van der Waals surface area (Å²) >= 11 is 1.65. The smallest absolute Gasteiger partial charge is 0.154 e. The van der Waals surface area contributed by atoms with Gasteiger partial charge in [-0.1, -0.05) is 36.2 Å². The second kappa shape index (κ2) is 4.36. The zero-order valence-electron chi connectivity index (χ0n) is 10.4. The standard InChI is InChI=1S/C14H13BFNS/c1-15-9-3-5-11-13(7-9)18-14-8-10(16)4-6-12(14)17(11)2/h3-8,15H,1-2H3. The van der Waals surface area contributed by atoms with Gasteiger partial charge in [0, 0.05) is 16.8 Å². The molecular weight excluding hydrogens is 244 g/mol. The summed E-state index contributed by atoms with van der Waals surface area (Å²) in [7, 11) is 3.05. The van der Waals surface area contributed by atoms with Crippen molar-refractivity contribution in [2.75, 3.05) is 11.9 Å². The van der Waals surface area contributed by atoms with Gasteiger partial charge >= 0.3 is 0 Å². The van der Waals surface area contributed by atoms with E-state index in [1.165, 1.54) is 22.1 Å². The largest absolute Gasteiger partial charge is 0.343 e. The first-order valence-corrected chi connectivity index (χ1v) is 6.84. The second-order valence-electron chi connectivity index (χ2n) is 4.43. The molecule has 1 nitrogen and oxygen atoms in total. The van der Waals surface area contributed by atoms with Crippen molar-refractivity contribution in [3.05, 3.63) is 42.2 Å². The Morgan fingerprint density at radius 3 is 2.44 bits per heavy atom. The minimum Gasteiger partial charge on any atom is -0.343 e. The molecule has 3 rings (SSSR count). The van der Waals surface area contributed by atoms with Crippen molar-refractivity contribution < 1.29 is 4.39 Å². The average molecular weight is 257 g/mol. The molecule has 0 amide bonds. The topological polar surface area (TPSA) is 3.24 Å². The van der Waals surface area contributed by atoms with Crippen LogP contribution in [0.5, 0.6) is 0 Å². The lowest BCUT2D eigenvalue weighted by molar-refractivity contribution is 0.624. The summed E-state index contributed by atoms with van der Waals surface area (Å²) < 4.78 is 13.3. The predicted octanol–water partition coefficient (Wildman–Crippen LogP) is 3.17. The van der Waals surface area contributed by atoms with Crippen molar-refractivity contribution in [3.8, 4) is 0 Å². The summed E-state index contributed by atoms with van der Waals surface area (Å²) in [5, 5.41) is 0. The molecule has 90 valence electrons. The summed E-state index contributed by atoms with van der Waals surface area (Å²) in [4.78, 5) is 4.31. The summed E-state index contributed by atoms with van der Waals surface area (Å²) in [5.41, 5.74) is 3.57. The average Bonchev–Trinajstić information content (AvgIpc) is 2.38. The fourth-order valence-corrected chi connectivity index (χ4v) is 3.47. The zero-order valence-corrected chi connectivity index (χ0v) is 11.2. The van der Waals surface area contributed by atoms with Crippen LogP contribution >= 0.6 is 11.8 Å². The first-order chi connectivity index (χ1) is 8.69. The fourth-order valence-electron chi connectivity index (χ4n) is 2.23. The predicted molar refractivity (Wildman–Crippen MR) is 77.7 cm³/mol. The van der Waals surface area contributed by atoms with Gasteiger partial charge in [0.25, 0.3) is 0 Å². The molecule has 0 aromatic heterocycles. The van der Waals surface area contributed by atoms with Crippen molar-refractivity contribution in [3.63, 3.8) is 0 Å². The maximum atomic E-state index is 13.3. The molecule has 1 aliphatic heterocycles. The quantitative estimate of drug-likeness (QED) is 0.722. The highest BCUT2D eigenvalue weighted by Crippen LogP contribution is 2.46. The third-order valence-electron chi connectivity index (χ3n) is 3.30. The van der Waals surface area contributed by atoms with Gasteiger partial charge in [0.1, 0.15) is 5.82 Å². The Labute approximate surface area is 111 Å². The highest BCUT2D eigenvalue weighted by atomic mass is 32.2. The van der Waals surface area contributed by atoms with Crippen molar-refractivity contribution in [1.29, 1.82) is 0 Å². The lowest BCUT2D eigenvalue weighted by Gasteiger charge is -2.29. The number of halogens is 1. The molecule has 0 saturated heterocycles. The molecule has 2 aromatic carbocycles. The minimum absolute atomic E-state index is 0.176. The van der Waals surface area contributed by atoms with Crippen molar-refractivity contribution >= 4 is 35.9 Å². The number of nitrogens with zero attached hydrogens (tertiary/aromatic N) is 1. The van der Waals surface area contributed by atoms with Gasteiger partial charge in [0.2, 0.25) is 0 Å². The minimum atomic E-state index is -0.176. The van der Waals surface area contributed by atoms with E-state index in [1.54, 1.807) is 17.8 Å². The molecule has 0 N–H and O–H groups in total. The van der Waals surface area contributed by atoms with Crippen molar-refractivity contribution in [2.24, 2.45) is 0 Å². The van der Waals surface area contributed by atoms with E-state index in [9.17, 15) is 4.39 Å². The monoisotopic (exact) mass is 257 g/mol. The van der Waals surface area contributed by atoms with E-state index in [2.05, 4.69) is 29.9 Å². The highest BCUT2D eigenvalue weighted by Gasteiger charge is 2.21. The number of fused-ring (bicyclic) bond motifs is 2. The third-order valence-corrected chi connectivity index (χ3v) is 4.39. The SMILES string of the molecule is CBc1ccc2c(c1)Sc1cc(F)ccc1N2C. The van der Waals surface area contributed by atoms with Crippen LogP contribution in [-0.2, 0) is 0 Å². The van der Waals surface area contributed by atoms with Crippen LogP contribution in [0.4, 0.5) is 15.8 Å². The van der Waals surface area contributed by atoms with Crippen LogP contribution in [0.15, 0.2) is 46.2 Å². The Bertz CT molecular complexity index is 615. The van der Waals surface area contributed by atoms with Crippen LogP contribution in [0.2, 0.25) is 6.82 Å². The van der Waals surface area contributed by atoms with Gasteiger partial charge in [-0.15, -0.1) is 0 Å². The Hall–Kier alpha value is -1.42. The van der Waals surface area contributed by atoms with E-state index in [1.807, 2.05) is 13.1 Å². The molecule has 0 spiro atoms. The fraction of sp³-hybridized carbons (Fsp3) is 0.143. The van der Waals surface area contributed by atoms with Crippen LogP contribution in [0, 0.1) is 5.82 Å². The van der Waals surface area contributed by atoms with Crippen LogP contribution in [0.25, 0.3) is 0 Å². The van der Waals surface area contributed by atoms with Crippen LogP contribution in [-0.4, -0.2) is 14.3 Å². The van der Waals surface area contributed by atoms with Gasteiger partial charge in [-0.25, -0.2) is 4.39 Å². The Balaban J connectivity index is 2.12. The van der Waals surface area contributed by atoms with Crippen LogP contribution in [0.3, 0.4) is 0 Å². The maximum absolute atomic E-state index is 13.3. The molecule has 18 heavy (non-hydrogen) atoms. The van der Waals surface area contributed by atoms with Crippen LogP contribution < -0.4 is 10.4 Å². The molecule has 0 radical (unpaired) electrons. The van der Waals surface area contributed by atoms with Gasteiger partial charge in [0.05, 0.1) is 11.4 Å². The molecular formula is C14H13BFNS. The summed E-state index contributed by atoms with van der Waals surface area (Å²) in [6.07, 6.45) is 0. The molecule has 0 aliphatic carbocycles. The van der Waals surface area contributed by atoms with E-state index in [0.29, 0.717) is 0 Å². The molecule has 1 heterocycles. The molecule has 0 saturated carbocycles. The number of hydrogen-bond acceptors (Lipinski definition) is 2. The van der Waals surface area contributed by atoms with Gasteiger partial charge in [0.15, 0.2) is 7.28 Å². The van der Waals surface area contributed by atoms with Crippen molar-refractivity contribution in [1.82, 2.24) is 0 Å². The first-order valence-electron chi connectivity index (χ1n) is 6.03. The maximum Gasteiger partial charge on any atom is 0.154 e. The summed E-state index contributed by atoms with van der Waals surface area (Å²) in [6, 6.07) is 11.5. The second-order valence-corrected chi connectivity index (χ2v) is 5.51. The van der Waals surface area contributed by atoms with E-state index in [-0.39, 0.29) is 5.82 Å². The van der Waals surface area contributed by atoms with Gasteiger partial charge in [-0.05, 0) is 24.3 Å². The molecule has 0 atom stereocenters. The van der Waals surface area contributed by atoms with Crippen LogP contribution in [0.1, 0.15) is 0 Å². The molecule has 1 aliphatic rings. The first kappa shape index (κ1) is 11.7. The third kappa shape index (κ3) is 1.81.